The van der Waals surface area contributed by atoms with Gasteiger partial charge in [0.2, 0.25) is 0 Å². The molecule has 0 spiro atoms. The lowest BCUT2D eigenvalue weighted by Gasteiger charge is -2.13. The van der Waals surface area contributed by atoms with E-state index in [1.165, 1.54) is 20.3 Å². The quantitative estimate of drug-likeness (QED) is 0.500. The van der Waals surface area contributed by atoms with Gasteiger partial charge in [-0.2, -0.15) is 0 Å². The highest BCUT2D eigenvalue weighted by Crippen LogP contribution is 2.39. The maximum absolute atomic E-state index is 12.8. The number of nitrogens with zero attached hydrogens (tertiary/aromatic N) is 1. The van der Waals surface area contributed by atoms with Gasteiger partial charge in [0, 0.05) is 10.6 Å². The molecule has 0 atom stereocenters. The minimum absolute atomic E-state index is 0.209. The standard InChI is InChI=1S/C20H16ClNO6S/c1-26-15-5-3-4-12(18(15)28-11-17(23)27-2)10-16-19(24)22(20(25)29-16)14-8-6-13(21)7-9-14/h3-10H,11H2,1-2H3/b16-10-. The molecule has 1 heterocycles. The number of anilines is 1. The Morgan fingerprint density at radius 3 is 2.52 bits per heavy atom. The molecule has 0 saturated carbocycles. The van der Waals surface area contributed by atoms with E-state index in [1.54, 1.807) is 42.5 Å². The van der Waals surface area contributed by atoms with Gasteiger partial charge in [-0.3, -0.25) is 9.59 Å². The van der Waals surface area contributed by atoms with Crippen LogP contribution in [0.25, 0.3) is 6.08 Å². The molecule has 29 heavy (non-hydrogen) atoms. The smallest absolute Gasteiger partial charge is 0.343 e. The van der Waals surface area contributed by atoms with Crippen molar-refractivity contribution >= 4 is 52.2 Å². The molecule has 1 aliphatic rings. The fourth-order valence-electron chi connectivity index (χ4n) is 2.57. The number of thioether (sulfide) groups is 1. The first-order valence-electron chi connectivity index (χ1n) is 8.34. The minimum atomic E-state index is -0.565. The first-order valence-corrected chi connectivity index (χ1v) is 9.54. The highest BCUT2D eigenvalue weighted by atomic mass is 35.5. The van der Waals surface area contributed by atoms with Gasteiger partial charge in [-0.1, -0.05) is 23.7 Å². The van der Waals surface area contributed by atoms with Gasteiger partial charge in [-0.05, 0) is 48.2 Å². The number of benzene rings is 2. The number of methoxy groups -OCH3 is 2. The number of rotatable bonds is 6. The summed E-state index contributed by atoms with van der Waals surface area (Å²) in [6.45, 7) is -0.329. The average Bonchev–Trinajstić information content (AvgIpc) is 3.00. The van der Waals surface area contributed by atoms with E-state index in [2.05, 4.69) is 4.74 Å². The van der Waals surface area contributed by atoms with Crippen LogP contribution in [0.15, 0.2) is 47.4 Å². The summed E-state index contributed by atoms with van der Waals surface area (Å²) in [5.74, 6) is -0.396. The Morgan fingerprint density at radius 1 is 1.14 bits per heavy atom. The number of hydrogen-bond donors (Lipinski definition) is 0. The largest absolute Gasteiger partial charge is 0.493 e. The van der Waals surface area contributed by atoms with Crippen LogP contribution in [0, 0.1) is 0 Å². The summed E-state index contributed by atoms with van der Waals surface area (Å²) < 4.78 is 15.4. The highest BCUT2D eigenvalue weighted by Gasteiger charge is 2.36. The Labute approximate surface area is 176 Å². The number of carbonyl (C=O) groups excluding carboxylic acids is 3. The number of halogens is 1. The zero-order valence-corrected chi connectivity index (χ0v) is 17.1. The van der Waals surface area contributed by atoms with Crippen LogP contribution in [0.5, 0.6) is 11.5 Å². The van der Waals surface area contributed by atoms with Crippen LogP contribution in [-0.2, 0) is 14.3 Å². The van der Waals surface area contributed by atoms with Crippen molar-refractivity contribution in [3.05, 3.63) is 58.0 Å². The van der Waals surface area contributed by atoms with Gasteiger partial charge in [-0.25, -0.2) is 9.69 Å². The van der Waals surface area contributed by atoms with Crippen LogP contribution in [0.4, 0.5) is 10.5 Å². The van der Waals surface area contributed by atoms with Crippen molar-refractivity contribution in [2.24, 2.45) is 0 Å². The van der Waals surface area contributed by atoms with Crippen molar-refractivity contribution in [1.82, 2.24) is 0 Å². The van der Waals surface area contributed by atoms with E-state index in [0.717, 1.165) is 16.7 Å². The van der Waals surface area contributed by atoms with E-state index in [9.17, 15) is 14.4 Å². The van der Waals surface area contributed by atoms with E-state index in [0.29, 0.717) is 22.0 Å². The second-order valence-electron chi connectivity index (χ2n) is 5.74. The third-order valence-corrected chi connectivity index (χ3v) is 5.08. The second-order valence-corrected chi connectivity index (χ2v) is 7.17. The lowest BCUT2D eigenvalue weighted by atomic mass is 10.1. The van der Waals surface area contributed by atoms with Gasteiger partial charge < -0.3 is 14.2 Å². The molecule has 9 heteroatoms. The Morgan fingerprint density at radius 2 is 1.86 bits per heavy atom. The molecule has 0 unspecified atom stereocenters. The van der Waals surface area contributed by atoms with Crippen molar-refractivity contribution in [1.29, 1.82) is 0 Å². The molecular weight excluding hydrogens is 418 g/mol. The topological polar surface area (TPSA) is 82.1 Å². The summed E-state index contributed by atoms with van der Waals surface area (Å²) in [7, 11) is 2.71. The lowest BCUT2D eigenvalue weighted by Crippen LogP contribution is -2.27. The number of ether oxygens (including phenoxy) is 3. The summed E-state index contributed by atoms with van der Waals surface area (Å²) in [4.78, 5) is 37.9. The van der Waals surface area contributed by atoms with Crippen molar-refractivity contribution in [3.8, 4) is 11.5 Å². The van der Waals surface area contributed by atoms with Crippen LogP contribution >= 0.6 is 23.4 Å². The molecule has 2 amide bonds. The number of hydrogen-bond acceptors (Lipinski definition) is 7. The zero-order chi connectivity index (χ0) is 21.0. The maximum Gasteiger partial charge on any atom is 0.343 e. The predicted octanol–water partition coefficient (Wildman–Crippen LogP) is 4.14. The fourth-order valence-corrected chi connectivity index (χ4v) is 3.53. The first kappa shape index (κ1) is 20.8. The Bertz CT molecular complexity index is 989. The lowest BCUT2D eigenvalue weighted by molar-refractivity contribution is -0.142. The van der Waals surface area contributed by atoms with Crippen LogP contribution in [0.3, 0.4) is 0 Å². The van der Waals surface area contributed by atoms with Crippen molar-refractivity contribution in [2.45, 2.75) is 0 Å². The van der Waals surface area contributed by atoms with E-state index < -0.39 is 17.1 Å². The van der Waals surface area contributed by atoms with Gasteiger partial charge in [0.1, 0.15) is 0 Å². The van der Waals surface area contributed by atoms with E-state index in [1.807, 2.05) is 0 Å². The summed E-state index contributed by atoms with van der Waals surface area (Å²) in [6, 6.07) is 11.4. The number of imide groups is 1. The number of esters is 1. The molecule has 0 aliphatic carbocycles. The predicted molar refractivity (Wildman–Crippen MR) is 110 cm³/mol. The van der Waals surface area contributed by atoms with Gasteiger partial charge in [0.05, 0.1) is 24.8 Å². The Kier molecular flexibility index (Phi) is 6.46. The molecule has 1 fully saturated rings. The molecule has 0 aromatic heterocycles. The third-order valence-electron chi connectivity index (χ3n) is 3.96. The first-order chi connectivity index (χ1) is 13.9. The van der Waals surface area contributed by atoms with Crippen LogP contribution in [-0.4, -0.2) is 37.9 Å². The number of amides is 2. The Hall–Kier alpha value is -2.97. The fraction of sp³-hybridized carbons (Fsp3) is 0.150. The number of para-hydroxylation sites is 1. The zero-order valence-electron chi connectivity index (χ0n) is 15.5. The van der Waals surface area contributed by atoms with Gasteiger partial charge in [0.15, 0.2) is 18.1 Å². The van der Waals surface area contributed by atoms with Gasteiger partial charge in [0.25, 0.3) is 11.1 Å². The summed E-state index contributed by atoms with van der Waals surface area (Å²) >= 11 is 6.68. The molecule has 0 N–H and O–H groups in total. The van der Waals surface area contributed by atoms with E-state index in [-0.39, 0.29) is 17.3 Å². The van der Waals surface area contributed by atoms with Crippen LogP contribution in [0.1, 0.15) is 5.56 Å². The maximum atomic E-state index is 12.8. The molecule has 150 valence electrons. The summed E-state index contributed by atoms with van der Waals surface area (Å²) in [6.07, 6.45) is 1.52. The molecule has 2 aromatic carbocycles. The molecule has 1 saturated heterocycles. The van der Waals surface area contributed by atoms with Crippen molar-refractivity contribution < 1.29 is 28.6 Å². The normalized spacial score (nSPS) is 15.0. The minimum Gasteiger partial charge on any atom is -0.493 e. The summed E-state index contributed by atoms with van der Waals surface area (Å²) in [5, 5.41) is 0.0727. The van der Waals surface area contributed by atoms with Crippen molar-refractivity contribution in [3.63, 3.8) is 0 Å². The van der Waals surface area contributed by atoms with Crippen LogP contribution < -0.4 is 14.4 Å². The Balaban J connectivity index is 1.93. The second kappa shape index (κ2) is 9.02. The molecule has 1 aliphatic heterocycles. The van der Waals surface area contributed by atoms with E-state index >= 15 is 0 Å². The average molecular weight is 434 g/mol. The SMILES string of the molecule is COC(=O)COc1c(/C=C2\SC(=O)N(c3ccc(Cl)cc3)C2=O)cccc1OC. The number of carbonyl (C=O) groups is 3. The van der Waals surface area contributed by atoms with E-state index in [4.69, 9.17) is 21.1 Å². The highest BCUT2D eigenvalue weighted by molar-refractivity contribution is 8.19. The monoisotopic (exact) mass is 433 g/mol. The summed E-state index contributed by atoms with van der Waals surface area (Å²) in [5.41, 5.74) is 0.906. The van der Waals surface area contributed by atoms with Gasteiger partial charge in [-0.15, -0.1) is 0 Å². The molecule has 3 rings (SSSR count). The third kappa shape index (κ3) is 4.55. The molecule has 2 aromatic rings. The van der Waals surface area contributed by atoms with Crippen LogP contribution in [0.2, 0.25) is 5.02 Å². The molecule has 7 nitrogen and oxygen atoms in total. The van der Waals surface area contributed by atoms with Crippen molar-refractivity contribution in [2.75, 3.05) is 25.7 Å². The van der Waals surface area contributed by atoms with Gasteiger partial charge >= 0.3 is 5.97 Å². The molecule has 0 radical (unpaired) electrons. The molecule has 0 bridgehead atoms. The molecular formula is C20H16ClNO6S.